The molecule has 33 heavy (non-hydrogen) atoms. The van der Waals surface area contributed by atoms with Crippen LogP contribution in [0.1, 0.15) is 24.1 Å². The summed E-state index contributed by atoms with van der Waals surface area (Å²) in [6.07, 6.45) is 8.56. The molecule has 9 heteroatoms. The molecule has 168 valence electrons. The minimum Gasteiger partial charge on any atom is -0.324 e. The number of nitrogens with one attached hydrogen (secondary N) is 3. The third kappa shape index (κ3) is 4.64. The average molecular weight is 461 g/mol. The minimum absolute atomic E-state index is 0.319. The van der Waals surface area contributed by atoms with E-state index < -0.39 is 9.84 Å². The maximum Gasteiger partial charge on any atom is 0.227 e. The second-order valence-electron chi connectivity index (χ2n) is 7.97. The Morgan fingerprint density at radius 3 is 2.42 bits per heavy atom. The zero-order valence-corrected chi connectivity index (χ0v) is 18.7. The first-order valence-electron chi connectivity index (χ1n) is 10.8. The Morgan fingerprint density at radius 2 is 1.67 bits per heavy atom. The maximum atomic E-state index is 12.8. The molecule has 1 aliphatic rings. The van der Waals surface area contributed by atoms with E-state index in [9.17, 15) is 8.42 Å². The van der Waals surface area contributed by atoms with Crippen LogP contribution in [0.15, 0.2) is 65.8 Å². The summed E-state index contributed by atoms with van der Waals surface area (Å²) >= 11 is 0. The van der Waals surface area contributed by atoms with Crippen LogP contribution in [0, 0.1) is 0 Å². The fraction of sp³-hybridized carbons (Fsp3) is 0.208. The Bertz CT molecular complexity index is 1370. The van der Waals surface area contributed by atoms with Crippen molar-refractivity contribution in [3.63, 3.8) is 0 Å². The molecule has 0 spiro atoms. The van der Waals surface area contributed by atoms with E-state index in [1.54, 1.807) is 36.7 Å². The minimum atomic E-state index is -3.31. The average Bonchev–Trinajstić information content (AvgIpc) is 3.28. The molecular weight excluding hydrogens is 436 g/mol. The topological polar surface area (TPSA) is 113 Å². The summed E-state index contributed by atoms with van der Waals surface area (Å²) in [5.74, 6) is 0.436. The molecule has 5 rings (SSSR count). The molecule has 1 fully saturated rings. The predicted octanol–water partition coefficient (Wildman–Crippen LogP) is 3.79. The first kappa shape index (κ1) is 21.3. The lowest BCUT2D eigenvalue weighted by molar-refractivity contribution is 0.496. The number of hydrogen-bond donors (Lipinski definition) is 3. The van der Waals surface area contributed by atoms with Crippen LogP contribution < -0.4 is 10.6 Å². The molecule has 0 unspecified atom stereocenters. The number of anilines is 2. The number of nitrogens with zero attached hydrogens (tertiary/aromatic N) is 3. The van der Waals surface area contributed by atoms with E-state index >= 15 is 0 Å². The van der Waals surface area contributed by atoms with Crippen LogP contribution in [0.3, 0.4) is 0 Å². The van der Waals surface area contributed by atoms with E-state index in [-0.39, 0.29) is 5.25 Å². The Morgan fingerprint density at radius 1 is 0.939 bits per heavy atom. The summed E-state index contributed by atoms with van der Waals surface area (Å²) in [5, 5.41) is 14.4. The number of fused-ring (bicyclic) bond motifs is 1. The standard InChI is InChI=1S/C24H24N6O2S/c31-33(32,20-11-13-25-14-12-20)19-8-6-18(7-9-19)28-24-26-15-17(16-27-24)5-10-23-21-3-1-2-4-22(21)29-30-23/h1-10,15-16,20,25H,11-14H2,(H,29,30)(H,26,27,28)/b10-5+. The van der Waals surface area contributed by atoms with Gasteiger partial charge in [0, 0.05) is 29.0 Å². The third-order valence-electron chi connectivity index (χ3n) is 5.77. The van der Waals surface area contributed by atoms with Gasteiger partial charge in [-0.2, -0.15) is 5.10 Å². The summed E-state index contributed by atoms with van der Waals surface area (Å²) in [5.41, 5.74) is 3.41. The SMILES string of the molecule is O=S(=O)(c1ccc(Nc2ncc(/C=C/c3n[nH]c4ccccc34)cn2)cc1)C1CCNCC1. The quantitative estimate of drug-likeness (QED) is 0.401. The Balaban J connectivity index is 1.25. The van der Waals surface area contributed by atoms with Crippen molar-refractivity contribution in [3.05, 3.63) is 72.2 Å². The van der Waals surface area contributed by atoms with Gasteiger partial charge in [0.15, 0.2) is 9.84 Å². The molecule has 2 aromatic carbocycles. The molecular formula is C24H24N6O2S. The highest BCUT2D eigenvalue weighted by Gasteiger charge is 2.28. The smallest absolute Gasteiger partial charge is 0.227 e. The second kappa shape index (κ2) is 9.13. The van der Waals surface area contributed by atoms with Crippen LogP contribution in [0.2, 0.25) is 0 Å². The van der Waals surface area contributed by atoms with E-state index in [0.29, 0.717) is 23.7 Å². The van der Waals surface area contributed by atoms with Crippen molar-refractivity contribution in [2.75, 3.05) is 18.4 Å². The van der Waals surface area contributed by atoms with Crippen molar-refractivity contribution < 1.29 is 8.42 Å². The van der Waals surface area contributed by atoms with Gasteiger partial charge in [-0.05, 0) is 68.4 Å². The van der Waals surface area contributed by atoms with Gasteiger partial charge in [-0.3, -0.25) is 5.10 Å². The highest BCUT2D eigenvalue weighted by molar-refractivity contribution is 7.92. The Hall–Kier alpha value is -3.56. The number of benzene rings is 2. The van der Waals surface area contributed by atoms with Gasteiger partial charge in [0.05, 0.1) is 21.4 Å². The molecule has 3 heterocycles. The summed E-state index contributed by atoms with van der Waals surface area (Å²) in [4.78, 5) is 9.06. The summed E-state index contributed by atoms with van der Waals surface area (Å²) in [6, 6.07) is 14.7. The van der Waals surface area contributed by atoms with Crippen molar-refractivity contribution in [2.45, 2.75) is 23.0 Å². The number of H-pyrrole nitrogens is 1. The molecule has 0 amide bonds. The lowest BCUT2D eigenvalue weighted by atomic mass is 10.2. The number of piperidine rings is 1. The molecule has 0 atom stereocenters. The number of aromatic amines is 1. The first-order chi connectivity index (χ1) is 16.1. The molecule has 0 saturated carbocycles. The van der Waals surface area contributed by atoms with Crippen molar-refractivity contribution >= 4 is 44.5 Å². The van der Waals surface area contributed by atoms with E-state index in [1.807, 2.05) is 36.4 Å². The molecule has 0 radical (unpaired) electrons. The molecule has 0 aliphatic carbocycles. The molecule has 2 aromatic heterocycles. The van der Waals surface area contributed by atoms with Crippen LogP contribution in [0.4, 0.5) is 11.6 Å². The van der Waals surface area contributed by atoms with Gasteiger partial charge in [-0.1, -0.05) is 18.2 Å². The maximum absolute atomic E-state index is 12.8. The van der Waals surface area contributed by atoms with Gasteiger partial charge in [0.25, 0.3) is 0 Å². The zero-order valence-electron chi connectivity index (χ0n) is 17.9. The van der Waals surface area contributed by atoms with E-state index in [2.05, 4.69) is 30.8 Å². The fourth-order valence-corrected chi connectivity index (χ4v) is 5.69. The van der Waals surface area contributed by atoms with Crippen molar-refractivity contribution in [1.29, 1.82) is 0 Å². The Kier molecular flexibility index (Phi) is 5.89. The number of rotatable bonds is 6. The largest absolute Gasteiger partial charge is 0.324 e. The van der Waals surface area contributed by atoms with Gasteiger partial charge in [-0.15, -0.1) is 0 Å². The van der Waals surface area contributed by atoms with Crippen molar-refractivity contribution in [3.8, 4) is 0 Å². The summed E-state index contributed by atoms with van der Waals surface area (Å²) < 4.78 is 25.7. The fourth-order valence-electron chi connectivity index (χ4n) is 3.93. The van der Waals surface area contributed by atoms with Gasteiger partial charge < -0.3 is 10.6 Å². The number of hydrogen-bond acceptors (Lipinski definition) is 7. The summed E-state index contributed by atoms with van der Waals surface area (Å²) in [7, 11) is -3.31. The van der Waals surface area contributed by atoms with Crippen LogP contribution in [-0.4, -0.2) is 46.9 Å². The van der Waals surface area contributed by atoms with E-state index in [1.165, 1.54) is 0 Å². The van der Waals surface area contributed by atoms with Crippen LogP contribution in [-0.2, 0) is 9.84 Å². The first-order valence-corrected chi connectivity index (χ1v) is 12.4. The number of sulfone groups is 1. The van der Waals surface area contributed by atoms with Crippen molar-refractivity contribution in [1.82, 2.24) is 25.5 Å². The van der Waals surface area contributed by atoms with Crippen LogP contribution >= 0.6 is 0 Å². The third-order valence-corrected chi connectivity index (χ3v) is 8.05. The monoisotopic (exact) mass is 460 g/mol. The van der Waals surface area contributed by atoms with Gasteiger partial charge in [0.1, 0.15) is 0 Å². The van der Waals surface area contributed by atoms with Crippen LogP contribution in [0.5, 0.6) is 0 Å². The normalized spacial score (nSPS) is 15.3. The van der Waals surface area contributed by atoms with E-state index in [0.717, 1.165) is 40.9 Å². The lowest BCUT2D eigenvalue weighted by Crippen LogP contribution is -2.35. The van der Waals surface area contributed by atoms with Gasteiger partial charge in [-0.25, -0.2) is 18.4 Å². The van der Waals surface area contributed by atoms with Crippen molar-refractivity contribution in [2.24, 2.45) is 0 Å². The highest BCUT2D eigenvalue weighted by Crippen LogP contribution is 2.24. The zero-order chi connectivity index (χ0) is 22.7. The molecule has 4 aromatic rings. The van der Waals surface area contributed by atoms with Gasteiger partial charge in [0.2, 0.25) is 5.95 Å². The molecule has 1 aliphatic heterocycles. The molecule has 0 bridgehead atoms. The second-order valence-corrected chi connectivity index (χ2v) is 10.2. The number of para-hydroxylation sites is 1. The highest BCUT2D eigenvalue weighted by atomic mass is 32.2. The molecule has 1 saturated heterocycles. The number of aromatic nitrogens is 4. The predicted molar refractivity (Wildman–Crippen MR) is 130 cm³/mol. The molecule has 3 N–H and O–H groups in total. The Labute approximate surface area is 192 Å². The lowest BCUT2D eigenvalue weighted by Gasteiger charge is -2.22. The van der Waals surface area contributed by atoms with Gasteiger partial charge >= 0.3 is 0 Å². The summed E-state index contributed by atoms with van der Waals surface area (Å²) in [6.45, 7) is 1.48. The molecule has 8 nitrogen and oxygen atoms in total. The van der Waals surface area contributed by atoms with E-state index in [4.69, 9.17) is 0 Å². The van der Waals surface area contributed by atoms with Crippen LogP contribution in [0.25, 0.3) is 23.1 Å².